The number of hydrogen-bond acceptors (Lipinski definition) is 8. The number of halogens is 1. The average Bonchev–Trinajstić information content (AvgIpc) is 3.73. The zero-order chi connectivity index (χ0) is 34.2. The largest absolute Gasteiger partial charge is 0.369 e. The molecular weight excluding hydrogens is 668 g/mol. The summed E-state index contributed by atoms with van der Waals surface area (Å²) >= 11 is 8.41. The normalized spacial score (nSPS) is 19.0. The number of thiazole rings is 1. The summed E-state index contributed by atoms with van der Waals surface area (Å²) in [5, 5.41) is 12.2. The topological polar surface area (TPSA) is 108 Å². The quantitative estimate of drug-likeness (QED) is 0.196. The van der Waals surface area contributed by atoms with E-state index in [1.54, 1.807) is 12.3 Å². The Hall–Kier alpha value is -4.58. The van der Waals surface area contributed by atoms with E-state index in [-0.39, 0.29) is 17.9 Å². The van der Waals surface area contributed by atoms with E-state index >= 15 is 0 Å². The van der Waals surface area contributed by atoms with Crippen molar-refractivity contribution < 1.29 is 9.59 Å². The molecule has 1 saturated heterocycles. The Labute approximate surface area is 300 Å². The van der Waals surface area contributed by atoms with Crippen molar-refractivity contribution in [1.82, 2.24) is 30.0 Å². The van der Waals surface area contributed by atoms with Crippen LogP contribution in [0, 0.1) is 0 Å². The van der Waals surface area contributed by atoms with Gasteiger partial charge < -0.3 is 15.5 Å². The van der Waals surface area contributed by atoms with Crippen molar-refractivity contribution in [3.05, 3.63) is 94.9 Å². The Morgan fingerprint density at radius 3 is 2.46 bits per heavy atom. The number of pyridine rings is 1. The van der Waals surface area contributed by atoms with Crippen LogP contribution in [-0.2, 0) is 17.6 Å². The maximum atomic E-state index is 13.5. The van der Waals surface area contributed by atoms with E-state index in [4.69, 9.17) is 21.7 Å². The lowest BCUT2D eigenvalue weighted by molar-refractivity contribution is -0.114. The predicted molar refractivity (Wildman–Crippen MR) is 198 cm³/mol. The van der Waals surface area contributed by atoms with Gasteiger partial charge in [0.25, 0.3) is 5.91 Å². The third-order valence-corrected chi connectivity index (χ3v) is 11.5. The summed E-state index contributed by atoms with van der Waals surface area (Å²) < 4.78 is 1.86. The molecule has 12 heteroatoms. The molecule has 10 nitrogen and oxygen atoms in total. The number of carbonyl (C=O) groups excluding carboxylic acids is 2. The van der Waals surface area contributed by atoms with Gasteiger partial charge >= 0.3 is 0 Å². The lowest BCUT2D eigenvalue weighted by Crippen LogP contribution is -2.52. The molecule has 0 unspecified atom stereocenters. The number of piperazine rings is 1. The molecule has 2 aliphatic carbocycles. The second-order valence-corrected chi connectivity index (χ2v) is 14.7. The summed E-state index contributed by atoms with van der Waals surface area (Å²) in [5.41, 5.74) is 7.14. The second-order valence-electron chi connectivity index (χ2n) is 13.3. The van der Waals surface area contributed by atoms with Crippen LogP contribution in [0.2, 0.25) is 5.02 Å². The van der Waals surface area contributed by atoms with Crippen LogP contribution in [0.5, 0.6) is 0 Å². The molecular formula is C38H39ClN8O2S. The number of amides is 2. The SMILES string of the molecule is CC(=O)Nc1nc2c(s1)-c1c(c(-c3cccnc3)nn1-c1ccc(C(=O)N[C@H]3CC[C@H](N4CCN(c5ccccc5)CC4)CC3)cc1Cl)CC2. The molecule has 2 fully saturated rings. The van der Waals surface area contributed by atoms with Gasteiger partial charge in [-0.3, -0.25) is 19.5 Å². The molecule has 3 aliphatic rings. The zero-order valence-electron chi connectivity index (χ0n) is 27.9. The average molecular weight is 707 g/mol. The highest BCUT2D eigenvalue weighted by Gasteiger charge is 2.32. The Morgan fingerprint density at radius 1 is 0.940 bits per heavy atom. The fraction of sp³-hybridized carbons (Fsp3) is 0.342. The van der Waals surface area contributed by atoms with Gasteiger partial charge in [0.05, 0.1) is 32.7 Å². The van der Waals surface area contributed by atoms with E-state index in [2.05, 4.69) is 55.7 Å². The zero-order valence-corrected chi connectivity index (χ0v) is 29.5. The monoisotopic (exact) mass is 706 g/mol. The molecule has 2 amide bonds. The minimum atomic E-state index is -0.164. The van der Waals surface area contributed by atoms with Crippen LogP contribution in [0.4, 0.5) is 10.8 Å². The van der Waals surface area contributed by atoms with Gasteiger partial charge in [-0.05, 0) is 81.0 Å². The van der Waals surface area contributed by atoms with E-state index in [9.17, 15) is 9.59 Å². The molecule has 0 radical (unpaired) electrons. The van der Waals surface area contributed by atoms with E-state index in [0.717, 1.165) is 97.8 Å². The van der Waals surface area contributed by atoms with Gasteiger partial charge in [-0.2, -0.15) is 5.10 Å². The van der Waals surface area contributed by atoms with Crippen LogP contribution in [0.15, 0.2) is 73.1 Å². The number of aryl methyl sites for hydroxylation is 1. The van der Waals surface area contributed by atoms with Gasteiger partial charge in [-0.25, -0.2) is 9.67 Å². The maximum Gasteiger partial charge on any atom is 0.251 e. The number of hydrogen-bond donors (Lipinski definition) is 2. The minimum absolute atomic E-state index is 0.110. The van der Waals surface area contributed by atoms with Crippen molar-refractivity contribution in [2.24, 2.45) is 0 Å². The molecule has 50 heavy (non-hydrogen) atoms. The van der Waals surface area contributed by atoms with Crippen molar-refractivity contribution in [3.8, 4) is 27.5 Å². The van der Waals surface area contributed by atoms with Crippen molar-refractivity contribution >= 4 is 45.6 Å². The van der Waals surface area contributed by atoms with Gasteiger partial charge in [0, 0.05) is 80.0 Å². The Bertz CT molecular complexity index is 2020. The van der Waals surface area contributed by atoms with E-state index in [1.807, 2.05) is 35.1 Å². The fourth-order valence-corrected chi connectivity index (χ4v) is 9.02. The first-order chi connectivity index (χ1) is 24.4. The first-order valence-electron chi connectivity index (χ1n) is 17.4. The van der Waals surface area contributed by atoms with Crippen molar-refractivity contribution in [3.63, 3.8) is 0 Å². The third kappa shape index (κ3) is 6.53. The molecule has 256 valence electrons. The van der Waals surface area contributed by atoms with Crippen LogP contribution in [-0.4, -0.2) is 74.7 Å². The Morgan fingerprint density at radius 2 is 1.74 bits per heavy atom. The van der Waals surface area contributed by atoms with Crippen LogP contribution in [0.25, 0.3) is 27.5 Å². The lowest BCUT2D eigenvalue weighted by Gasteiger charge is -2.42. The van der Waals surface area contributed by atoms with Gasteiger partial charge in [0.1, 0.15) is 0 Å². The minimum Gasteiger partial charge on any atom is -0.369 e. The van der Waals surface area contributed by atoms with Crippen molar-refractivity contribution in [2.45, 2.75) is 57.5 Å². The molecule has 0 atom stereocenters. The fourth-order valence-electron chi connectivity index (χ4n) is 7.64. The summed E-state index contributed by atoms with van der Waals surface area (Å²) in [4.78, 5) is 40.4. The number of benzene rings is 2. The summed E-state index contributed by atoms with van der Waals surface area (Å²) in [5.74, 6) is -0.273. The summed E-state index contributed by atoms with van der Waals surface area (Å²) in [6.45, 7) is 5.73. The first-order valence-corrected chi connectivity index (χ1v) is 18.6. The molecule has 4 heterocycles. The first kappa shape index (κ1) is 32.6. The van der Waals surface area contributed by atoms with Crippen molar-refractivity contribution in [1.29, 1.82) is 0 Å². The van der Waals surface area contributed by atoms with Crippen LogP contribution < -0.4 is 15.5 Å². The van der Waals surface area contributed by atoms with Crippen LogP contribution >= 0.6 is 22.9 Å². The number of anilines is 2. The van der Waals surface area contributed by atoms with E-state index < -0.39 is 0 Å². The molecule has 0 bridgehead atoms. The second kappa shape index (κ2) is 14.0. The third-order valence-electron chi connectivity index (χ3n) is 10.1. The summed E-state index contributed by atoms with van der Waals surface area (Å²) in [6.07, 6.45) is 9.13. The lowest BCUT2D eigenvalue weighted by atomic mass is 9.89. The number of fused-ring (bicyclic) bond motifs is 3. The molecule has 8 rings (SSSR count). The highest BCUT2D eigenvalue weighted by molar-refractivity contribution is 7.19. The predicted octanol–water partition coefficient (Wildman–Crippen LogP) is 6.63. The van der Waals surface area contributed by atoms with E-state index in [0.29, 0.717) is 27.4 Å². The maximum absolute atomic E-state index is 13.5. The highest BCUT2D eigenvalue weighted by atomic mass is 35.5. The van der Waals surface area contributed by atoms with Crippen molar-refractivity contribution in [2.75, 3.05) is 36.4 Å². The molecule has 5 aromatic rings. The van der Waals surface area contributed by atoms with Crippen LogP contribution in [0.3, 0.4) is 0 Å². The van der Waals surface area contributed by atoms with Crippen LogP contribution in [0.1, 0.15) is 54.2 Å². The Kier molecular flexibility index (Phi) is 9.11. The van der Waals surface area contributed by atoms with Gasteiger partial charge in [0.15, 0.2) is 5.13 Å². The summed E-state index contributed by atoms with van der Waals surface area (Å²) in [6, 6.07) is 20.7. The van der Waals surface area contributed by atoms with Gasteiger partial charge in [0.2, 0.25) is 5.91 Å². The Balaban J connectivity index is 0.965. The molecule has 1 aliphatic heterocycles. The molecule has 1 saturated carbocycles. The number of nitrogens with one attached hydrogen (secondary N) is 2. The molecule has 0 spiro atoms. The van der Waals surface area contributed by atoms with E-state index in [1.165, 1.54) is 23.9 Å². The number of nitrogens with zero attached hydrogens (tertiary/aromatic N) is 6. The molecule has 2 aromatic carbocycles. The number of rotatable bonds is 7. The number of para-hydroxylation sites is 1. The number of aromatic nitrogens is 4. The standard InChI is InChI=1S/C38H39ClN8O2S/c1-24(48)41-38-43-32-15-14-30-34(26-6-5-17-40-23-26)44-47(35(30)36(32)50-38)33-16-9-25(22-31(33)39)37(49)42-27-10-12-29(13-11-27)46-20-18-45(19-21-46)28-7-3-2-4-8-28/h2-9,16-17,22-23,27,29H,10-15,18-21H2,1H3,(H,42,49)(H,41,43,48)/t27-,29-. The molecule has 2 N–H and O–H groups in total. The number of carbonyl (C=O) groups is 2. The van der Waals surface area contributed by atoms with Gasteiger partial charge in [-0.15, -0.1) is 0 Å². The molecule has 3 aromatic heterocycles. The summed E-state index contributed by atoms with van der Waals surface area (Å²) in [7, 11) is 0. The van der Waals surface area contributed by atoms with Gasteiger partial charge in [-0.1, -0.05) is 41.1 Å². The smallest absolute Gasteiger partial charge is 0.251 e. The highest BCUT2D eigenvalue weighted by Crippen LogP contribution is 2.44.